The Morgan fingerprint density at radius 3 is 2.30 bits per heavy atom. The van der Waals surface area contributed by atoms with E-state index in [0.717, 1.165) is 11.1 Å². The quantitative estimate of drug-likeness (QED) is 0.769. The summed E-state index contributed by atoms with van der Waals surface area (Å²) in [5, 5.41) is 0.945. The molecular formula is C17H16Cl2O. The Bertz CT molecular complexity index is 618. The third kappa shape index (κ3) is 3.05. The number of Topliss-reactive ketones (excluding diaryl/α,β-unsaturated/α-hetero) is 1. The van der Waals surface area contributed by atoms with E-state index in [1.165, 1.54) is 0 Å². The van der Waals surface area contributed by atoms with Crippen molar-refractivity contribution in [2.45, 2.75) is 25.7 Å². The van der Waals surface area contributed by atoms with E-state index in [-0.39, 0.29) is 12.2 Å². The summed E-state index contributed by atoms with van der Waals surface area (Å²) in [6, 6.07) is 15.1. The van der Waals surface area contributed by atoms with E-state index in [0.29, 0.717) is 10.0 Å². The first-order valence-electron chi connectivity index (χ1n) is 6.44. The Hall–Kier alpha value is -1.31. The highest BCUT2D eigenvalue weighted by Crippen LogP contribution is 2.30. The smallest absolute Gasteiger partial charge is 0.147 e. The Labute approximate surface area is 129 Å². The minimum absolute atomic E-state index is 0.118. The van der Waals surface area contributed by atoms with Gasteiger partial charge in [-0.3, -0.25) is 4.79 Å². The van der Waals surface area contributed by atoms with E-state index in [1.54, 1.807) is 6.07 Å². The van der Waals surface area contributed by atoms with E-state index in [9.17, 15) is 4.79 Å². The fourth-order valence-electron chi connectivity index (χ4n) is 2.09. The van der Waals surface area contributed by atoms with E-state index in [4.69, 9.17) is 23.2 Å². The molecule has 0 heterocycles. The molecule has 0 aliphatic carbocycles. The van der Waals surface area contributed by atoms with Crippen LogP contribution in [0.5, 0.6) is 0 Å². The van der Waals surface area contributed by atoms with Gasteiger partial charge in [-0.1, -0.05) is 65.7 Å². The molecule has 0 spiro atoms. The molecule has 0 saturated carbocycles. The number of benzene rings is 2. The van der Waals surface area contributed by atoms with Gasteiger partial charge in [0, 0.05) is 11.8 Å². The molecule has 0 radical (unpaired) electrons. The Morgan fingerprint density at radius 2 is 1.65 bits per heavy atom. The van der Waals surface area contributed by atoms with Crippen LogP contribution < -0.4 is 0 Å². The fourth-order valence-corrected chi connectivity index (χ4v) is 2.48. The van der Waals surface area contributed by atoms with Crippen LogP contribution in [-0.2, 0) is 16.6 Å². The molecule has 0 fully saturated rings. The average molecular weight is 307 g/mol. The van der Waals surface area contributed by atoms with Crippen LogP contribution >= 0.6 is 23.2 Å². The molecule has 2 aromatic carbocycles. The van der Waals surface area contributed by atoms with Gasteiger partial charge in [-0.15, -0.1) is 0 Å². The first-order chi connectivity index (χ1) is 9.43. The molecule has 0 aliphatic heterocycles. The second-order valence-corrected chi connectivity index (χ2v) is 6.09. The van der Waals surface area contributed by atoms with E-state index < -0.39 is 5.41 Å². The monoisotopic (exact) mass is 306 g/mol. The molecule has 3 heteroatoms. The number of ketones is 1. The molecule has 104 valence electrons. The van der Waals surface area contributed by atoms with Crippen molar-refractivity contribution in [3.8, 4) is 0 Å². The maximum atomic E-state index is 12.6. The van der Waals surface area contributed by atoms with Crippen molar-refractivity contribution in [1.82, 2.24) is 0 Å². The van der Waals surface area contributed by atoms with Crippen molar-refractivity contribution >= 4 is 29.0 Å². The Balaban J connectivity index is 2.26. The number of carbonyl (C=O) groups is 1. The summed E-state index contributed by atoms with van der Waals surface area (Å²) in [5.41, 5.74) is 1.23. The molecule has 0 aromatic heterocycles. The van der Waals surface area contributed by atoms with Crippen LogP contribution in [0.1, 0.15) is 25.0 Å². The molecule has 0 unspecified atom stereocenters. The molecule has 2 aromatic rings. The fraction of sp³-hybridized carbons (Fsp3) is 0.235. The predicted molar refractivity (Wildman–Crippen MR) is 84.6 cm³/mol. The lowest BCUT2D eigenvalue weighted by Gasteiger charge is -2.24. The molecule has 0 saturated heterocycles. The summed E-state index contributed by atoms with van der Waals surface area (Å²) in [6.45, 7) is 3.87. The molecule has 1 nitrogen and oxygen atoms in total. The maximum Gasteiger partial charge on any atom is 0.147 e. The molecule has 0 bridgehead atoms. The number of halogens is 2. The second kappa shape index (κ2) is 5.99. The van der Waals surface area contributed by atoms with Crippen molar-refractivity contribution in [1.29, 1.82) is 0 Å². The highest BCUT2D eigenvalue weighted by molar-refractivity contribution is 6.42. The predicted octanol–water partition coefficient (Wildman–Crippen LogP) is 5.08. The second-order valence-electron chi connectivity index (χ2n) is 5.30. The van der Waals surface area contributed by atoms with Crippen LogP contribution in [0, 0.1) is 0 Å². The van der Waals surface area contributed by atoms with Gasteiger partial charge in [-0.2, -0.15) is 0 Å². The van der Waals surface area contributed by atoms with Gasteiger partial charge < -0.3 is 0 Å². The average Bonchev–Trinajstić information content (AvgIpc) is 2.44. The largest absolute Gasteiger partial charge is 0.298 e. The highest BCUT2D eigenvalue weighted by atomic mass is 35.5. The van der Waals surface area contributed by atoms with Gasteiger partial charge in [-0.05, 0) is 31.0 Å². The van der Waals surface area contributed by atoms with Gasteiger partial charge in [0.1, 0.15) is 5.78 Å². The lowest BCUT2D eigenvalue weighted by molar-refractivity contribution is -0.122. The number of hydrogen-bond donors (Lipinski definition) is 0. The minimum Gasteiger partial charge on any atom is -0.298 e. The van der Waals surface area contributed by atoms with Crippen molar-refractivity contribution in [2.75, 3.05) is 0 Å². The van der Waals surface area contributed by atoms with Crippen molar-refractivity contribution < 1.29 is 4.79 Å². The molecule has 0 N–H and O–H groups in total. The zero-order chi connectivity index (χ0) is 14.8. The van der Waals surface area contributed by atoms with E-state index in [2.05, 4.69) is 0 Å². The van der Waals surface area contributed by atoms with Gasteiger partial charge in [-0.25, -0.2) is 0 Å². The van der Waals surface area contributed by atoms with E-state index >= 15 is 0 Å². The maximum absolute atomic E-state index is 12.6. The zero-order valence-corrected chi connectivity index (χ0v) is 13.0. The molecule has 0 atom stereocenters. The molecule has 0 amide bonds. The van der Waals surface area contributed by atoms with Crippen LogP contribution in [0.25, 0.3) is 0 Å². The SMILES string of the molecule is CC(C)(C(=O)Cc1cccc(Cl)c1Cl)c1ccccc1. The number of rotatable bonds is 4. The first kappa shape index (κ1) is 15.1. The third-order valence-electron chi connectivity index (χ3n) is 3.58. The molecule has 20 heavy (non-hydrogen) atoms. The number of hydrogen-bond acceptors (Lipinski definition) is 1. The number of carbonyl (C=O) groups excluding carboxylic acids is 1. The van der Waals surface area contributed by atoms with Gasteiger partial charge in [0.15, 0.2) is 0 Å². The van der Waals surface area contributed by atoms with E-state index in [1.807, 2.05) is 56.3 Å². The van der Waals surface area contributed by atoms with Crippen LogP contribution in [0.4, 0.5) is 0 Å². The minimum atomic E-state index is -0.549. The van der Waals surface area contributed by atoms with Gasteiger partial charge >= 0.3 is 0 Å². The van der Waals surface area contributed by atoms with Crippen LogP contribution in [0.15, 0.2) is 48.5 Å². The lowest BCUT2D eigenvalue weighted by Crippen LogP contribution is -2.30. The molecule has 0 aliphatic rings. The van der Waals surface area contributed by atoms with Gasteiger partial charge in [0.25, 0.3) is 0 Å². The summed E-state index contributed by atoms with van der Waals surface area (Å²) < 4.78 is 0. The highest BCUT2D eigenvalue weighted by Gasteiger charge is 2.29. The normalized spacial score (nSPS) is 11.4. The van der Waals surface area contributed by atoms with Gasteiger partial charge in [0.2, 0.25) is 0 Å². The zero-order valence-electron chi connectivity index (χ0n) is 11.5. The first-order valence-corrected chi connectivity index (χ1v) is 7.20. The standard InChI is InChI=1S/C17H16Cl2O/c1-17(2,13-8-4-3-5-9-13)15(20)11-12-7-6-10-14(18)16(12)19/h3-10H,11H2,1-2H3. The third-order valence-corrected chi connectivity index (χ3v) is 4.43. The van der Waals surface area contributed by atoms with Crippen molar-refractivity contribution in [3.63, 3.8) is 0 Å². The summed E-state index contributed by atoms with van der Waals surface area (Å²) in [5.74, 6) is 0.118. The van der Waals surface area contributed by atoms with Crippen molar-refractivity contribution in [2.24, 2.45) is 0 Å². The lowest BCUT2D eigenvalue weighted by atomic mass is 9.78. The molecular weight excluding hydrogens is 291 g/mol. The summed E-state index contributed by atoms with van der Waals surface area (Å²) in [7, 11) is 0. The van der Waals surface area contributed by atoms with Crippen LogP contribution in [0.2, 0.25) is 10.0 Å². The summed E-state index contributed by atoms with van der Waals surface area (Å²) >= 11 is 12.1. The van der Waals surface area contributed by atoms with Crippen LogP contribution in [0.3, 0.4) is 0 Å². The topological polar surface area (TPSA) is 17.1 Å². The Morgan fingerprint density at radius 1 is 1.00 bits per heavy atom. The molecule has 2 rings (SSSR count). The van der Waals surface area contributed by atoms with Gasteiger partial charge in [0.05, 0.1) is 10.0 Å². The van der Waals surface area contributed by atoms with Crippen LogP contribution in [-0.4, -0.2) is 5.78 Å². The Kier molecular flexibility index (Phi) is 4.52. The van der Waals surface area contributed by atoms with Crippen molar-refractivity contribution in [3.05, 3.63) is 69.7 Å². The summed E-state index contributed by atoms with van der Waals surface area (Å²) in [4.78, 5) is 12.6. The summed E-state index contributed by atoms with van der Waals surface area (Å²) in [6.07, 6.45) is 0.279.